The second-order valence-electron chi connectivity index (χ2n) is 3.02. The SMILES string of the molecule is COCCN=C(N)NCCc1ccco1.I. The Hall–Kier alpha value is -0.760. The van der Waals surface area contributed by atoms with Crippen molar-refractivity contribution < 1.29 is 9.15 Å². The van der Waals surface area contributed by atoms with Crippen LogP contribution in [-0.4, -0.2) is 32.8 Å². The number of nitrogens with one attached hydrogen (secondary N) is 1. The van der Waals surface area contributed by atoms with Gasteiger partial charge in [-0.2, -0.15) is 0 Å². The van der Waals surface area contributed by atoms with Crippen LogP contribution in [0, 0.1) is 0 Å². The van der Waals surface area contributed by atoms with Crippen molar-refractivity contribution in [1.82, 2.24) is 5.32 Å². The Labute approximate surface area is 112 Å². The summed E-state index contributed by atoms with van der Waals surface area (Å²) < 4.78 is 10.0. The summed E-state index contributed by atoms with van der Waals surface area (Å²) in [5, 5.41) is 2.99. The normalized spacial score (nSPS) is 10.9. The third-order valence-electron chi connectivity index (χ3n) is 1.84. The van der Waals surface area contributed by atoms with Gasteiger partial charge in [0.2, 0.25) is 0 Å². The van der Waals surface area contributed by atoms with Crippen LogP contribution < -0.4 is 11.1 Å². The van der Waals surface area contributed by atoms with Crippen LogP contribution >= 0.6 is 24.0 Å². The number of halogens is 1. The van der Waals surface area contributed by atoms with Gasteiger partial charge in [-0.15, -0.1) is 24.0 Å². The lowest BCUT2D eigenvalue weighted by molar-refractivity contribution is 0.208. The molecule has 0 radical (unpaired) electrons. The fourth-order valence-corrected chi connectivity index (χ4v) is 1.08. The van der Waals surface area contributed by atoms with E-state index in [1.165, 1.54) is 0 Å². The first kappa shape index (κ1) is 15.2. The van der Waals surface area contributed by atoms with E-state index in [9.17, 15) is 0 Å². The molecule has 1 heterocycles. The molecule has 0 aliphatic rings. The molecule has 92 valence electrons. The van der Waals surface area contributed by atoms with Crippen molar-refractivity contribution >= 4 is 29.9 Å². The van der Waals surface area contributed by atoms with Gasteiger partial charge in [-0.3, -0.25) is 4.99 Å². The van der Waals surface area contributed by atoms with Gasteiger partial charge in [0.1, 0.15) is 5.76 Å². The molecule has 0 saturated heterocycles. The first-order valence-electron chi connectivity index (χ1n) is 4.88. The molecular weight excluding hydrogens is 321 g/mol. The van der Waals surface area contributed by atoms with Gasteiger partial charge < -0.3 is 20.2 Å². The van der Waals surface area contributed by atoms with Crippen LogP contribution in [0.1, 0.15) is 5.76 Å². The molecule has 16 heavy (non-hydrogen) atoms. The molecule has 1 aromatic heterocycles. The largest absolute Gasteiger partial charge is 0.469 e. The molecule has 5 nitrogen and oxygen atoms in total. The van der Waals surface area contributed by atoms with Crippen molar-refractivity contribution in [3.63, 3.8) is 0 Å². The molecule has 0 amide bonds. The first-order valence-corrected chi connectivity index (χ1v) is 4.88. The third-order valence-corrected chi connectivity index (χ3v) is 1.84. The fourth-order valence-electron chi connectivity index (χ4n) is 1.08. The maximum absolute atomic E-state index is 5.61. The van der Waals surface area contributed by atoms with Crippen LogP contribution in [0.5, 0.6) is 0 Å². The van der Waals surface area contributed by atoms with Gasteiger partial charge in [0.05, 0.1) is 19.4 Å². The minimum atomic E-state index is 0. The molecule has 0 fully saturated rings. The minimum absolute atomic E-state index is 0. The highest BCUT2D eigenvalue weighted by molar-refractivity contribution is 14.0. The van der Waals surface area contributed by atoms with Crippen molar-refractivity contribution in [2.75, 3.05) is 26.8 Å². The number of hydrogen-bond donors (Lipinski definition) is 2. The van der Waals surface area contributed by atoms with E-state index in [0.717, 1.165) is 18.7 Å². The lowest BCUT2D eigenvalue weighted by Gasteiger charge is -2.03. The van der Waals surface area contributed by atoms with Crippen LogP contribution in [0.3, 0.4) is 0 Å². The van der Waals surface area contributed by atoms with Crippen molar-refractivity contribution in [3.05, 3.63) is 24.2 Å². The van der Waals surface area contributed by atoms with Gasteiger partial charge in [0, 0.05) is 20.1 Å². The number of hydrogen-bond acceptors (Lipinski definition) is 3. The van der Waals surface area contributed by atoms with E-state index < -0.39 is 0 Å². The van der Waals surface area contributed by atoms with E-state index >= 15 is 0 Å². The summed E-state index contributed by atoms with van der Waals surface area (Å²) >= 11 is 0. The molecule has 1 aromatic rings. The molecule has 0 atom stereocenters. The second kappa shape index (κ2) is 9.46. The zero-order valence-corrected chi connectivity index (χ0v) is 11.6. The predicted molar refractivity (Wildman–Crippen MR) is 74.2 cm³/mol. The minimum Gasteiger partial charge on any atom is -0.469 e. The summed E-state index contributed by atoms with van der Waals surface area (Å²) in [6, 6.07) is 3.80. The summed E-state index contributed by atoms with van der Waals surface area (Å²) in [4.78, 5) is 4.06. The molecule has 0 aliphatic heterocycles. The molecular formula is C10H18IN3O2. The Morgan fingerprint density at radius 3 is 3.06 bits per heavy atom. The maximum Gasteiger partial charge on any atom is 0.188 e. The average Bonchev–Trinajstić information content (AvgIpc) is 2.71. The number of nitrogens with two attached hydrogens (primary N) is 1. The molecule has 0 bridgehead atoms. The molecule has 1 rings (SSSR count). The Bertz CT molecular complexity index is 288. The van der Waals surface area contributed by atoms with Gasteiger partial charge >= 0.3 is 0 Å². The van der Waals surface area contributed by atoms with Gasteiger partial charge in [0.25, 0.3) is 0 Å². The van der Waals surface area contributed by atoms with Crippen LogP contribution in [-0.2, 0) is 11.2 Å². The first-order chi connectivity index (χ1) is 7.33. The van der Waals surface area contributed by atoms with Crippen LogP contribution in [0.4, 0.5) is 0 Å². The van der Waals surface area contributed by atoms with E-state index in [1.807, 2.05) is 12.1 Å². The Morgan fingerprint density at radius 1 is 1.62 bits per heavy atom. The Balaban J connectivity index is 0.00000225. The third kappa shape index (κ3) is 6.67. The molecule has 0 aliphatic carbocycles. The number of rotatable bonds is 6. The zero-order chi connectivity index (χ0) is 10.9. The smallest absolute Gasteiger partial charge is 0.188 e. The Kier molecular flexibility index (Phi) is 9.02. The number of furan rings is 1. The second-order valence-corrected chi connectivity index (χ2v) is 3.02. The van der Waals surface area contributed by atoms with Crippen LogP contribution in [0.25, 0.3) is 0 Å². The molecule has 0 spiro atoms. The fraction of sp³-hybridized carbons (Fsp3) is 0.500. The number of ether oxygens (including phenoxy) is 1. The molecule has 0 aromatic carbocycles. The van der Waals surface area contributed by atoms with Crippen molar-refractivity contribution in [1.29, 1.82) is 0 Å². The predicted octanol–water partition coefficient (Wildman–Crippen LogP) is 0.991. The molecule has 3 N–H and O–H groups in total. The summed E-state index contributed by atoms with van der Waals surface area (Å²) in [5.74, 6) is 1.38. The average molecular weight is 339 g/mol. The van der Waals surface area contributed by atoms with Crippen molar-refractivity contribution in [2.45, 2.75) is 6.42 Å². The van der Waals surface area contributed by atoms with Crippen LogP contribution in [0.2, 0.25) is 0 Å². The van der Waals surface area contributed by atoms with E-state index in [0.29, 0.717) is 19.1 Å². The van der Waals surface area contributed by atoms with Gasteiger partial charge in [-0.05, 0) is 12.1 Å². The maximum atomic E-state index is 5.61. The van der Waals surface area contributed by atoms with E-state index in [-0.39, 0.29) is 24.0 Å². The lowest BCUT2D eigenvalue weighted by Crippen LogP contribution is -2.33. The quantitative estimate of drug-likeness (QED) is 0.351. The van der Waals surface area contributed by atoms with E-state index in [4.69, 9.17) is 14.9 Å². The molecule has 0 unspecified atom stereocenters. The van der Waals surface area contributed by atoms with Gasteiger partial charge in [0.15, 0.2) is 5.96 Å². The van der Waals surface area contributed by atoms with E-state index in [1.54, 1.807) is 13.4 Å². The van der Waals surface area contributed by atoms with E-state index in [2.05, 4.69) is 10.3 Å². The van der Waals surface area contributed by atoms with Gasteiger partial charge in [-0.25, -0.2) is 0 Å². The number of nitrogens with zero attached hydrogens (tertiary/aromatic N) is 1. The Morgan fingerprint density at radius 2 is 2.44 bits per heavy atom. The highest BCUT2D eigenvalue weighted by Crippen LogP contribution is 1.99. The number of methoxy groups -OCH3 is 1. The van der Waals surface area contributed by atoms with Gasteiger partial charge in [-0.1, -0.05) is 0 Å². The summed E-state index contributed by atoms with van der Waals surface area (Å²) in [6.07, 6.45) is 2.46. The molecule has 6 heteroatoms. The van der Waals surface area contributed by atoms with Crippen molar-refractivity contribution in [2.24, 2.45) is 10.7 Å². The highest BCUT2D eigenvalue weighted by atomic mass is 127. The number of guanidine groups is 1. The number of aliphatic imine (C=N–C) groups is 1. The molecule has 0 saturated carbocycles. The van der Waals surface area contributed by atoms with Crippen LogP contribution in [0.15, 0.2) is 27.8 Å². The summed E-state index contributed by atoms with van der Waals surface area (Å²) in [6.45, 7) is 1.88. The van der Waals surface area contributed by atoms with Crippen molar-refractivity contribution in [3.8, 4) is 0 Å². The summed E-state index contributed by atoms with van der Waals surface area (Å²) in [7, 11) is 1.63. The zero-order valence-electron chi connectivity index (χ0n) is 9.31. The lowest BCUT2D eigenvalue weighted by atomic mass is 10.3. The summed E-state index contributed by atoms with van der Waals surface area (Å²) in [5.41, 5.74) is 5.61. The monoisotopic (exact) mass is 339 g/mol. The topological polar surface area (TPSA) is 72.8 Å². The highest BCUT2D eigenvalue weighted by Gasteiger charge is 1.95. The standard InChI is InChI=1S/C10H17N3O2.HI/c1-14-8-6-13-10(11)12-5-4-9-3-2-7-15-9;/h2-3,7H,4-6,8H2,1H3,(H3,11,12,13);1H.